The Balaban J connectivity index is 2.40. The van der Waals surface area contributed by atoms with E-state index in [9.17, 15) is 9.59 Å². The molecule has 0 atom stereocenters. The van der Waals surface area contributed by atoms with Crippen LogP contribution in [0, 0.1) is 0 Å². The highest BCUT2D eigenvalue weighted by molar-refractivity contribution is 6.07. The molecule has 2 N–H and O–H groups in total. The molecular formula is C14H14N2O3. The van der Waals surface area contributed by atoms with Gasteiger partial charge in [-0.1, -0.05) is 12.1 Å². The van der Waals surface area contributed by atoms with Crippen LogP contribution in [-0.2, 0) is 4.79 Å². The minimum Gasteiger partial charge on any atom is -0.480 e. The first kappa shape index (κ1) is 13.0. The SMILES string of the molecule is CC(C)(NC(=O)c1cccc2ncccc12)C(=O)O. The van der Waals surface area contributed by atoms with Crippen LogP contribution in [0.5, 0.6) is 0 Å². The second kappa shape index (κ2) is 4.68. The van der Waals surface area contributed by atoms with Crippen molar-refractivity contribution in [3.63, 3.8) is 0 Å². The maximum absolute atomic E-state index is 12.2. The summed E-state index contributed by atoms with van der Waals surface area (Å²) in [5, 5.41) is 12.2. The second-order valence-corrected chi connectivity index (χ2v) is 4.76. The molecule has 0 bridgehead atoms. The van der Waals surface area contributed by atoms with Crippen molar-refractivity contribution in [2.45, 2.75) is 19.4 Å². The molecule has 2 rings (SSSR count). The number of fused-ring (bicyclic) bond motifs is 1. The number of carbonyl (C=O) groups is 2. The average molecular weight is 258 g/mol. The third-order valence-electron chi connectivity index (χ3n) is 2.85. The van der Waals surface area contributed by atoms with Gasteiger partial charge in [-0.15, -0.1) is 0 Å². The van der Waals surface area contributed by atoms with Crippen molar-refractivity contribution in [2.75, 3.05) is 0 Å². The van der Waals surface area contributed by atoms with E-state index >= 15 is 0 Å². The topological polar surface area (TPSA) is 79.3 Å². The van der Waals surface area contributed by atoms with Crippen LogP contribution in [0.2, 0.25) is 0 Å². The Morgan fingerprint density at radius 1 is 1.21 bits per heavy atom. The Kier molecular flexibility index (Phi) is 3.21. The quantitative estimate of drug-likeness (QED) is 0.880. The predicted octanol–water partition coefficient (Wildman–Crippen LogP) is 1.83. The molecule has 1 aromatic carbocycles. The molecule has 98 valence electrons. The Bertz CT molecular complexity index is 645. The fourth-order valence-electron chi connectivity index (χ4n) is 1.71. The highest BCUT2D eigenvalue weighted by atomic mass is 16.4. The molecule has 0 fully saturated rings. The fraction of sp³-hybridized carbons (Fsp3) is 0.214. The Hall–Kier alpha value is -2.43. The molecule has 0 unspecified atom stereocenters. The van der Waals surface area contributed by atoms with E-state index in [0.717, 1.165) is 0 Å². The van der Waals surface area contributed by atoms with Crippen molar-refractivity contribution in [3.8, 4) is 0 Å². The van der Waals surface area contributed by atoms with E-state index in [2.05, 4.69) is 10.3 Å². The van der Waals surface area contributed by atoms with Crippen molar-refractivity contribution in [1.29, 1.82) is 0 Å². The predicted molar refractivity (Wildman–Crippen MR) is 70.9 cm³/mol. The Morgan fingerprint density at radius 3 is 2.63 bits per heavy atom. The number of amides is 1. The Labute approximate surface area is 110 Å². The Morgan fingerprint density at radius 2 is 1.95 bits per heavy atom. The van der Waals surface area contributed by atoms with Crippen LogP contribution >= 0.6 is 0 Å². The third kappa shape index (κ3) is 2.54. The van der Waals surface area contributed by atoms with Gasteiger partial charge < -0.3 is 10.4 Å². The van der Waals surface area contributed by atoms with E-state index in [1.165, 1.54) is 13.8 Å². The maximum atomic E-state index is 12.2. The lowest BCUT2D eigenvalue weighted by Gasteiger charge is -2.21. The first-order chi connectivity index (χ1) is 8.92. The number of pyridine rings is 1. The molecule has 0 radical (unpaired) electrons. The lowest BCUT2D eigenvalue weighted by Crippen LogP contribution is -2.49. The van der Waals surface area contributed by atoms with Gasteiger partial charge in [0.1, 0.15) is 5.54 Å². The molecule has 0 spiro atoms. The van der Waals surface area contributed by atoms with E-state index < -0.39 is 17.4 Å². The number of carboxylic acid groups (broad SMARTS) is 1. The molecule has 5 nitrogen and oxygen atoms in total. The summed E-state index contributed by atoms with van der Waals surface area (Å²) in [6.07, 6.45) is 1.64. The summed E-state index contributed by atoms with van der Waals surface area (Å²) in [4.78, 5) is 27.4. The standard InChI is InChI=1S/C14H14N2O3/c1-14(2,13(18)19)16-12(17)10-5-3-7-11-9(10)6-4-8-15-11/h3-8H,1-2H3,(H,16,17)(H,18,19). The van der Waals surface area contributed by atoms with E-state index in [-0.39, 0.29) is 0 Å². The fourth-order valence-corrected chi connectivity index (χ4v) is 1.71. The second-order valence-electron chi connectivity index (χ2n) is 4.76. The van der Waals surface area contributed by atoms with Gasteiger partial charge in [-0.25, -0.2) is 4.79 Å². The van der Waals surface area contributed by atoms with Crippen molar-refractivity contribution in [2.24, 2.45) is 0 Å². The largest absolute Gasteiger partial charge is 0.480 e. The number of aromatic nitrogens is 1. The van der Waals surface area contributed by atoms with Gasteiger partial charge in [0.05, 0.1) is 5.52 Å². The van der Waals surface area contributed by atoms with Crippen LogP contribution in [0.4, 0.5) is 0 Å². The minimum absolute atomic E-state index is 0.417. The molecule has 0 saturated carbocycles. The molecule has 19 heavy (non-hydrogen) atoms. The van der Waals surface area contributed by atoms with Crippen LogP contribution in [0.1, 0.15) is 24.2 Å². The number of carbonyl (C=O) groups excluding carboxylic acids is 1. The number of carboxylic acids is 1. The molecular weight excluding hydrogens is 244 g/mol. The minimum atomic E-state index is -1.32. The van der Waals surface area contributed by atoms with Crippen LogP contribution in [-0.4, -0.2) is 27.5 Å². The first-order valence-corrected chi connectivity index (χ1v) is 5.81. The number of benzene rings is 1. The molecule has 0 aliphatic carbocycles. The van der Waals surface area contributed by atoms with Gasteiger partial charge in [-0.3, -0.25) is 9.78 Å². The highest BCUT2D eigenvalue weighted by Crippen LogP contribution is 2.17. The molecule has 5 heteroatoms. The lowest BCUT2D eigenvalue weighted by molar-refractivity contribution is -0.143. The highest BCUT2D eigenvalue weighted by Gasteiger charge is 2.29. The molecule has 1 heterocycles. The van der Waals surface area contributed by atoms with E-state index in [1.54, 1.807) is 36.5 Å². The normalized spacial score (nSPS) is 11.3. The van der Waals surface area contributed by atoms with Crippen molar-refractivity contribution in [3.05, 3.63) is 42.1 Å². The van der Waals surface area contributed by atoms with Gasteiger partial charge in [-0.2, -0.15) is 0 Å². The number of nitrogens with one attached hydrogen (secondary N) is 1. The number of hydrogen-bond acceptors (Lipinski definition) is 3. The van der Waals surface area contributed by atoms with Crippen molar-refractivity contribution in [1.82, 2.24) is 10.3 Å². The number of aliphatic carboxylic acids is 1. The molecule has 1 aromatic heterocycles. The summed E-state index contributed by atoms with van der Waals surface area (Å²) in [5.41, 5.74) is -0.204. The summed E-state index contributed by atoms with van der Waals surface area (Å²) in [6.45, 7) is 2.88. The summed E-state index contributed by atoms with van der Waals surface area (Å²) >= 11 is 0. The number of hydrogen-bond donors (Lipinski definition) is 2. The number of rotatable bonds is 3. The van der Waals surface area contributed by atoms with Gasteiger partial charge >= 0.3 is 5.97 Å². The van der Waals surface area contributed by atoms with Crippen LogP contribution in [0.25, 0.3) is 10.9 Å². The summed E-state index contributed by atoms with van der Waals surface area (Å²) < 4.78 is 0. The average Bonchev–Trinajstić information content (AvgIpc) is 2.37. The molecule has 2 aromatic rings. The van der Waals surface area contributed by atoms with Crippen LogP contribution in [0.3, 0.4) is 0 Å². The zero-order valence-electron chi connectivity index (χ0n) is 10.7. The van der Waals surface area contributed by atoms with E-state index in [4.69, 9.17) is 5.11 Å². The van der Waals surface area contributed by atoms with Crippen LogP contribution < -0.4 is 5.32 Å². The molecule has 0 saturated heterocycles. The zero-order valence-corrected chi connectivity index (χ0v) is 10.7. The van der Waals surface area contributed by atoms with Gasteiger partial charge in [0.15, 0.2) is 0 Å². The van der Waals surface area contributed by atoms with Gasteiger partial charge in [0.25, 0.3) is 5.91 Å². The van der Waals surface area contributed by atoms with Crippen molar-refractivity contribution >= 4 is 22.8 Å². The van der Waals surface area contributed by atoms with Crippen molar-refractivity contribution < 1.29 is 14.7 Å². The molecule has 0 aliphatic rings. The van der Waals surface area contributed by atoms with E-state index in [0.29, 0.717) is 16.5 Å². The van der Waals surface area contributed by atoms with Gasteiger partial charge in [-0.05, 0) is 32.0 Å². The van der Waals surface area contributed by atoms with Crippen LogP contribution in [0.15, 0.2) is 36.5 Å². The zero-order chi connectivity index (χ0) is 14.0. The maximum Gasteiger partial charge on any atom is 0.328 e. The monoisotopic (exact) mass is 258 g/mol. The molecule has 0 aliphatic heterocycles. The van der Waals surface area contributed by atoms with Gasteiger partial charge in [0, 0.05) is 17.1 Å². The summed E-state index contributed by atoms with van der Waals surface area (Å²) in [5.74, 6) is -1.51. The summed E-state index contributed by atoms with van der Waals surface area (Å²) in [6, 6.07) is 8.69. The lowest BCUT2D eigenvalue weighted by atomic mass is 10.0. The number of nitrogens with zero attached hydrogens (tertiary/aromatic N) is 1. The van der Waals surface area contributed by atoms with Gasteiger partial charge in [0.2, 0.25) is 0 Å². The summed E-state index contributed by atoms with van der Waals surface area (Å²) in [7, 11) is 0. The first-order valence-electron chi connectivity index (χ1n) is 5.81. The third-order valence-corrected chi connectivity index (χ3v) is 2.85. The smallest absolute Gasteiger partial charge is 0.328 e. The van der Waals surface area contributed by atoms with E-state index in [1.807, 2.05) is 0 Å². The molecule has 1 amide bonds.